The SMILES string of the molecule is C=C(OCC)c1ccc(C(=O)O)nc1.C=C(OCC)c1ccc(C(=O)OCC)nc1.CCOC(=O)c1ccc(Br)cn1. The number of hydrogen-bond donors (Lipinski definition) is 1. The first-order valence-corrected chi connectivity index (χ1v) is 13.6. The molecule has 0 aliphatic rings. The van der Waals surface area contributed by atoms with Crippen LogP contribution in [0, 0.1) is 0 Å². The number of rotatable bonds is 11. The zero-order chi connectivity index (χ0) is 31.5. The van der Waals surface area contributed by atoms with Gasteiger partial charge in [-0.2, -0.15) is 0 Å². The van der Waals surface area contributed by atoms with Crippen LogP contribution in [0.15, 0.2) is 72.6 Å². The average molecular weight is 645 g/mol. The molecule has 3 aromatic rings. The van der Waals surface area contributed by atoms with E-state index in [-0.39, 0.29) is 17.4 Å². The number of ether oxygens (including phenoxy) is 4. The molecule has 0 unspecified atom stereocenters. The van der Waals surface area contributed by atoms with Gasteiger partial charge in [-0.3, -0.25) is 0 Å². The topological polar surface area (TPSA) is 147 Å². The van der Waals surface area contributed by atoms with Gasteiger partial charge in [-0.15, -0.1) is 0 Å². The lowest BCUT2D eigenvalue weighted by Gasteiger charge is -2.06. The fraction of sp³-hybridized carbons (Fsp3) is 0.267. The van der Waals surface area contributed by atoms with Crippen molar-refractivity contribution in [2.75, 3.05) is 26.4 Å². The lowest BCUT2D eigenvalue weighted by molar-refractivity contribution is 0.0510. The molecule has 11 nitrogen and oxygen atoms in total. The van der Waals surface area contributed by atoms with Crippen molar-refractivity contribution in [1.29, 1.82) is 0 Å². The van der Waals surface area contributed by atoms with Gasteiger partial charge in [0.05, 0.1) is 26.4 Å². The maximum atomic E-state index is 11.3. The Morgan fingerprint density at radius 2 is 1.02 bits per heavy atom. The Labute approximate surface area is 253 Å². The quantitative estimate of drug-likeness (QED) is 0.192. The molecule has 0 bridgehead atoms. The van der Waals surface area contributed by atoms with Gasteiger partial charge in [0.15, 0.2) is 0 Å². The van der Waals surface area contributed by atoms with E-state index in [1.807, 2.05) is 13.8 Å². The molecular weight excluding hydrogens is 610 g/mol. The predicted molar refractivity (Wildman–Crippen MR) is 161 cm³/mol. The first-order chi connectivity index (χ1) is 20.1. The Bertz CT molecular complexity index is 1270. The van der Waals surface area contributed by atoms with Crippen molar-refractivity contribution in [3.05, 3.63) is 101 Å². The van der Waals surface area contributed by atoms with Crippen LogP contribution in [-0.4, -0.2) is 64.4 Å². The molecule has 0 aromatic carbocycles. The number of carboxylic acids is 1. The zero-order valence-electron chi connectivity index (χ0n) is 24.0. The molecule has 0 aliphatic heterocycles. The minimum absolute atomic E-state index is 0.0121. The summed E-state index contributed by atoms with van der Waals surface area (Å²) in [5, 5.41) is 8.60. The lowest BCUT2D eigenvalue weighted by Crippen LogP contribution is -2.07. The molecule has 0 spiro atoms. The number of halogens is 1. The number of esters is 2. The molecule has 0 aliphatic carbocycles. The van der Waals surface area contributed by atoms with Crippen molar-refractivity contribution in [2.45, 2.75) is 27.7 Å². The predicted octanol–water partition coefficient (Wildman–Crippen LogP) is 6.07. The Hall–Kier alpha value is -4.58. The van der Waals surface area contributed by atoms with Crippen LogP contribution in [0.3, 0.4) is 0 Å². The van der Waals surface area contributed by atoms with E-state index >= 15 is 0 Å². The van der Waals surface area contributed by atoms with E-state index in [1.165, 1.54) is 12.3 Å². The van der Waals surface area contributed by atoms with Crippen LogP contribution in [0.1, 0.15) is 70.3 Å². The van der Waals surface area contributed by atoms with Crippen LogP contribution < -0.4 is 0 Å². The van der Waals surface area contributed by atoms with Gasteiger partial charge in [-0.05, 0) is 80.0 Å². The molecule has 0 saturated carbocycles. The molecular formula is C30H34BrN3O8. The van der Waals surface area contributed by atoms with E-state index < -0.39 is 11.9 Å². The van der Waals surface area contributed by atoms with Crippen LogP contribution in [0.5, 0.6) is 0 Å². The number of hydrogen-bond acceptors (Lipinski definition) is 10. The van der Waals surface area contributed by atoms with E-state index in [1.54, 1.807) is 56.6 Å². The molecule has 3 aromatic heterocycles. The van der Waals surface area contributed by atoms with Gasteiger partial charge < -0.3 is 24.1 Å². The summed E-state index contributed by atoms with van der Waals surface area (Å²) in [7, 11) is 0. The van der Waals surface area contributed by atoms with Gasteiger partial charge in [0, 0.05) is 34.2 Å². The number of carbonyl (C=O) groups is 3. The second-order valence-electron chi connectivity index (χ2n) is 7.68. The van der Waals surface area contributed by atoms with Gasteiger partial charge in [-0.1, -0.05) is 13.2 Å². The Kier molecular flexibility index (Phi) is 16.4. The highest BCUT2D eigenvalue weighted by Crippen LogP contribution is 2.14. The first-order valence-electron chi connectivity index (χ1n) is 12.8. The number of aromatic carboxylic acids is 1. The van der Waals surface area contributed by atoms with Crippen LogP contribution in [-0.2, 0) is 18.9 Å². The summed E-state index contributed by atoms with van der Waals surface area (Å²) in [5.74, 6) is -0.804. The summed E-state index contributed by atoms with van der Waals surface area (Å²) < 4.78 is 20.8. The van der Waals surface area contributed by atoms with Crippen LogP contribution in [0.4, 0.5) is 0 Å². The molecule has 3 heterocycles. The van der Waals surface area contributed by atoms with Crippen molar-refractivity contribution in [3.63, 3.8) is 0 Å². The average Bonchev–Trinajstić information content (AvgIpc) is 2.99. The summed E-state index contributed by atoms with van der Waals surface area (Å²) >= 11 is 3.22. The largest absolute Gasteiger partial charge is 0.494 e. The van der Waals surface area contributed by atoms with Gasteiger partial charge in [-0.25, -0.2) is 29.3 Å². The molecule has 12 heteroatoms. The molecule has 42 heavy (non-hydrogen) atoms. The third kappa shape index (κ3) is 12.7. The highest BCUT2D eigenvalue weighted by molar-refractivity contribution is 9.10. The van der Waals surface area contributed by atoms with Crippen LogP contribution in [0.2, 0.25) is 0 Å². The molecule has 0 amide bonds. The normalized spacial score (nSPS) is 9.55. The highest BCUT2D eigenvalue weighted by atomic mass is 79.9. The summed E-state index contributed by atoms with van der Waals surface area (Å²) in [6.45, 7) is 16.5. The minimum Gasteiger partial charge on any atom is -0.494 e. The number of carbonyl (C=O) groups excluding carboxylic acids is 2. The standard InChI is InChI=1S/C12H15NO3.C10H11NO3.C8H8BrNO2/c1-4-15-9(3)10-6-7-11(13-8-10)12(14)16-5-2;1-3-14-7(2)8-4-5-9(10(12)13)11-6-8;1-2-12-8(11)7-4-3-6(9)5-10-7/h6-8H,3-5H2,1-2H3;4-6H,2-3H2,1H3,(H,12,13);3-5H,2H2,1H3. The summed E-state index contributed by atoms with van der Waals surface area (Å²) in [6, 6.07) is 9.73. The summed E-state index contributed by atoms with van der Waals surface area (Å²) in [6.07, 6.45) is 4.54. The Balaban J connectivity index is 0.000000318. The van der Waals surface area contributed by atoms with Gasteiger partial charge in [0.25, 0.3) is 0 Å². The second kappa shape index (κ2) is 19.5. The zero-order valence-corrected chi connectivity index (χ0v) is 25.5. The number of nitrogens with zero attached hydrogens (tertiary/aromatic N) is 3. The maximum Gasteiger partial charge on any atom is 0.356 e. The monoisotopic (exact) mass is 643 g/mol. The molecule has 0 saturated heterocycles. The molecule has 1 N–H and O–H groups in total. The fourth-order valence-electron chi connectivity index (χ4n) is 2.79. The molecule has 0 atom stereocenters. The van der Waals surface area contributed by atoms with Crippen molar-refractivity contribution in [1.82, 2.24) is 15.0 Å². The van der Waals surface area contributed by atoms with Crippen molar-refractivity contribution in [3.8, 4) is 0 Å². The van der Waals surface area contributed by atoms with Gasteiger partial charge in [0.2, 0.25) is 0 Å². The highest BCUT2D eigenvalue weighted by Gasteiger charge is 2.09. The fourth-order valence-corrected chi connectivity index (χ4v) is 3.02. The lowest BCUT2D eigenvalue weighted by atomic mass is 10.2. The number of pyridine rings is 3. The smallest absolute Gasteiger partial charge is 0.356 e. The second-order valence-corrected chi connectivity index (χ2v) is 8.60. The van der Waals surface area contributed by atoms with Crippen LogP contribution >= 0.6 is 15.9 Å². The van der Waals surface area contributed by atoms with E-state index in [9.17, 15) is 14.4 Å². The molecule has 224 valence electrons. The van der Waals surface area contributed by atoms with E-state index in [2.05, 4.69) is 44.0 Å². The third-order valence-corrected chi connectivity index (χ3v) is 5.19. The summed E-state index contributed by atoms with van der Waals surface area (Å²) in [5.41, 5.74) is 2.08. The first kappa shape index (κ1) is 35.4. The van der Waals surface area contributed by atoms with Crippen molar-refractivity contribution in [2.24, 2.45) is 0 Å². The van der Waals surface area contributed by atoms with E-state index in [0.29, 0.717) is 49.2 Å². The molecule has 3 rings (SSSR count). The number of aromatic nitrogens is 3. The third-order valence-electron chi connectivity index (χ3n) is 4.72. The Morgan fingerprint density at radius 1 is 0.643 bits per heavy atom. The van der Waals surface area contributed by atoms with Crippen LogP contribution in [0.25, 0.3) is 11.5 Å². The molecule has 0 fully saturated rings. The van der Waals surface area contributed by atoms with Gasteiger partial charge in [0.1, 0.15) is 28.6 Å². The summed E-state index contributed by atoms with van der Waals surface area (Å²) in [4.78, 5) is 44.5. The number of carboxylic acid groups (broad SMARTS) is 1. The van der Waals surface area contributed by atoms with Crippen molar-refractivity contribution >= 4 is 45.4 Å². The molecule has 0 radical (unpaired) electrons. The van der Waals surface area contributed by atoms with E-state index in [0.717, 1.165) is 10.0 Å². The maximum absolute atomic E-state index is 11.3. The minimum atomic E-state index is -1.04. The van der Waals surface area contributed by atoms with E-state index in [4.69, 9.17) is 24.1 Å². The Morgan fingerprint density at radius 3 is 1.33 bits per heavy atom. The van der Waals surface area contributed by atoms with Gasteiger partial charge >= 0.3 is 17.9 Å². The van der Waals surface area contributed by atoms with Crippen molar-refractivity contribution < 1.29 is 38.4 Å².